The third-order valence-corrected chi connectivity index (χ3v) is 9.18. The SMILES string of the molecule is COc1ccc(-c2sc(S(=O)(=O)Nc3ccc(Cl)c(O[C@@H]4CCN(C)C4)c3)cc2Cl)c(C)c1. The zero-order chi connectivity index (χ0) is 23.8. The van der Waals surface area contributed by atoms with Gasteiger partial charge in [-0.05, 0) is 67.9 Å². The van der Waals surface area contributed by atoms with Gasteiger partial charge >= 0.3 is 0 Å². The number of rotatable bonds is 7. The standard InChI is InChI=1S/C23H24Cl2N2O4S2/c1-14-10-16(30-3)5-6-18(14)23-20(25)12-22(32-23)33(28,29)26-15-4-7-19(24)21(11-15)31-17-8-9-27(2)13-17/h4-7,10-12,17,26H,8-9,13H2,1-3H3/t17-/m1/s1. The Bertz CT molecular complexity index is 1280. The molecule has 1 saturated heterocycles. The van der Waals surface area contributed by atoms with Gasteiger partial charge in [0.15, 0.2) is 0 Å². The van der Waals surface area contributed by atoms with Crippen LogP contribution in [0.15, 0.2) is 46.7 Å². The average Bonchev–Trinajstić information content (AvgIpc) is 3.36. The van der Waals surface area contributed by atoms with Crippen LogP contribution in [0.3, 0.4) is 0 Å². The van der Waals surface area contributed by atoms with E-state index in [4.69, 9.17) is 32.7 Å². The number of sulfonamides is 1. The summed E-state index contributed by atoms with van der Waals surface area (Å²) < 4.78 is 40.2. The van der Waals surface area contributed by atoms with E-state index in [1.165, 1.54) is 6.07 Å². The molecule has 6 nitrogen and oxygen atoms in total. The Hall–Kier alpha value is -1.97. The lowest BCUT2D eigenvalue weighted by molar-refractivity contribution is 0.208. The van der Waals surface area contributed by atoms with E-state index < -0.39 is 10.0 Å². The van der Waals surface area contributed by atoms with Gasteiger partial charge in [0.1, 0.15) is 21.8 Å². The molecule has 0 amide bonds. The van der Waals surface area contributed by atoms with Crippen molar-refractivity contribution in [3.8, 4) is 21.9 Å². The van der Waals surface area contributed by atoms with Gasteiger partial charge in [-0.1, -0.05) is 23.2 Å². The van der Waals surface area contributed by atoms with Crippen LogP contribution >= 0.6 is 34.5 Å². The van der Waals surface area contributed by atoms with Crippen LogP contribution in [0.1, 0.15) is 12.0 Å². The molecule has 176 valence electrons. The van der Waals surface area contributed by atoms with Crippen molar-refractivity contribution in [2.24, 2.45) is 0 Å². The van der Waals surface area contributed by atoms with Crippen LogP contribution < -0.4 is 14.2 Å². The fourth-order valence-corrected chi connectivity index (χ4v) is 6.83. The molecule has 1 atom stereocenters. The Balaban J connectivity index is 1.57. The minimum absolute atomic E-state index is 0.0192. The molecule has 0 bridgehead atoms. The quantitative estimate of drug-likeness (QED) is 0.413. The van der Waals surface area contributed by atoms with E-state index in [-0.39, 0.29) is 10.3 Å². The number of hydrogen-bond donors (Lipinski definition) is 1. The first-order valence-corrected chi connectivity index (χ1v) is 13.3. The molecule has 0 radical (unpaired) electrons. The number of thiophene rings is 1. The van der Waals surface area contributed by atoms with Crippen molar-refractivity contribution in [1.29, 1.82) is 0 Å². The number of anilines is 1. The van der Waals surface area contributed by atoms with Gasteiger partial charge in [-0.2, -0.15) is 0 Å². The molecule has 0 saturated carbocycles. The maximum atomic E-state index is 13.1. The van der Waals surface area contributed by atoms with Crippen molar-refractivity contribution in [1.82, 2.24) is 4.90 Å². The smallest absolute Gasteiger partial charge is 0.271 e. The summed E-state index contributed by atoms with van der Waals surface area (Å²) in [4.78, 5) is 2.86. The van der Waals surface area contributed by atoms with Crippen LogP contribution in [-0.2, 0) is 10.0 Å². The van der Waals surface area contributed by atoms with E-state index in [1.54, 1.807) is 25.3 Å². The van der Waals surface area contributed by atoms with Gasteiger partial charge in [-0.3, -0.25) is 4.72 Å². The highest BCUT2D eigenvalue weighted by Crippen LogP contribution is 2.41. The van der Waals surface area contributed by atoms with E-state index in [0.29, 0.717) is 26.4 Å². The Labute approximate surface area is 208 Å². The number of benzene rings is 2. The predicted octanol–water partition coefficient (Wildman–Crippen LogP) is 5.92. The lowest BCUT2D eigenvalue weighted by Gasteiger charge is -2.16. The summed E-state index contributed by atoms with van der Waals surface area (Å²) in [5.74, 6) is 1.18. The molecule has 10 heteroatoms. The van der Waals surface area contributed by atoms with Crippen LogP contribution in [0.2, 0.25) is 10.0 Å². The first-order valence-electron chi connectivity index (χ1n) is 10.3. The van der Waals surface area contributed by atoms with Gasteiger partial charge in [-0.15, -0.1) is 11.3 Å². The van der Waals surface area contributed by atoms with Gasteiger partial charge in [0, 0.05) is 19.2 Å². The number of nitrogens with zero attached hydrogens (tertiary/aromatic N) is 1. The van der Waals surface area contributed by atoms with Gasteiger partial charge in [0.25, 0.3) is 10.0 Å². The predicted molar refractivity (Wildman–Crippen MR) is 135 cm³/mol. The molecule has 0 spiro atoms. The average molecular weight is 527 g/mol. The summed E-state index contributed by atoms with van der Waals surface area (Å²) in [6, 6.07) is 11.9. The normalized spacial score (nSPS) is 16.7. The second-order valence-corrected chi connectivity index (χ2v) is 11.7. The molecule has 0 aliphatic carbocycles. The number of hydrogen-bond acceptors (Lipinski definition) is 6. The lowest BCUT2D eigenvalue weighted by Crippen LogP contribution is -2.21. The third-order valence-electron chi connectivity index (χ3n) is 5.43. The molecular formula is C23H24Cl2N2O4S2. The van der Waals surface area contributed by atoms with Crippen LogP contribution in [0, 0.1) is 6.92 Å². The molecule has 4 rings (SSSR count). The number of halogens is 2. The molecular weight excluding hydrogens is 503 g/mol. The van der Waals surface area contributed by atoms with Crippen LogP contribution in [0.5, 0.6) is 11.5 Å². The molecule has 33 heavy (non-hydrogen) atoms. The maximum absolute atomic E-state index is 13.1. The van der Waals surface area contributed by atoms with E-state index in [9.17, 15) is 8.42 Å². The number of nitrogens with one attached hydrogen (secondary N) is 1. The molecule has 0 unspecified atom stereocenters. The molecule has 1 aliphatic heterocycles. The van der Waals surface area contributed by atoms with Crippen molar-refractivity contribution in [2.45, 2.75) is 23.7 Å². The number of methoxy groups -OCH3 is 1. The van der Waals surface area contributed by atoms with Gasteiger partial charge in [0.2, 0.25) is 0 Å². The highest BCUT2D eigenvalue weighted by molar-refractivity contribution is 7.94. The summed E-state index contributed by atoms with van der Waals surface area (Å²) in [5.41, 5.74) is 2.16. The van der Waals surface area contributed by atoms with E-state index in [2.05, 4.69) is 9.62 Å². The van der Waals surface area contributed by atoms with Crippen molar-refractivity contribution in [2.75, 3.05) is 32.0 Å². The summed E-state index contributed by atoms with van der Waals surface area (Å²) in [6.07, 6.45) is 0.912. The van der Waals surface area contributed by atoms with Crippen LogP contribution in [0.25, 0.3) is 10.4 Å². The molecule has 3 aromatic rings. The third kappa shape index (κ3) is 5.41. The summed E-state index contributed by atoms with van der Waals surface area (Å²) in [7, 11) is -0.231. The van der Waals surface area contributed by atoms with Crippen LogP contribution in [-0.4, -0.2) is 46.7 Å². The summed E-state index contributed by atoms with van der Waals surface area (Å²) >= 11 is 13.8. The second kappa shape index (κ2) is 9.72. The fourth-order valence-electron chi connectivity index (χ4n) is 3.71. The molecule has 1 aliphatic rings. The minimum Gasteiger partial charge on any atom is -0.497 e. The first-order chi connectivity index (χ1) is 15.7. The highest BCUT2D eigenvalue weighted by Gasteiger charge is 2.24. The Morgan fingerprint density at radius 3 is 2.58 bits per heavy atom. The van der Waals surface area contributed by atoms with Crippen molar-refractivity contribution < 1.29 is 17.9 Å². The zero-order valence-corrected chi connectivity index (χ0v) is 21.5. The van der Waals surface area contributed by atoms with Gasteiger partial charge in [-0.25, -0.2) is 8.42 Å². The summed E-state index contributed by atoms with van der Waals surface area (Å²) in [6.45, 7) is 3.68. The fraction of sp³-hybridized carbons (Fsp3) is 0.304. The zero-order valence-electron chi connectivity index (χ0n) is 18.4. The van der Waals surface area contributed by atoms with Crippen LogP contribution in [0.4, 0.5) is 5.69 Å². The topological polar surface area (TPSA) is 67.9 Å². The largest absolute Gasteiger partial charge is 0.497 e. The van der Waals surface area contributed by atoms with Crippen molar-refractivity contribution >= 4 is 50.2 Å². The van der Waals surface area contributed by atoms with E-state index >= 15 is 0 Å². The monoisotopic (exact) mass is 526 g/mol. The Morgan fingerprint density at radius 1 is 1.12 bits per heavy atom. The van der Waals surface area contributed by atoms with E-state index in [1.807, 2.05) is 32.2 Å². The highest BCUT2D eigenvalue weighted by atomic mass is 35.5. The molecule has 1 fully saturated rings. The minimum atomic E-state index is -3.86. The number of ether oxygens (including phenoxy) is 2. The molecule has 2 heterocycles. The molecule has 1 aromatic heterocycles. The Morgan fingerprint density at radius 2 is 1.91 bits per heavy atom. The first kappa shape index (κ1) is 24.2. The van der Waals surface area contributed by atoms with Crippen molar-refractivity contribution in [3.63, 3.8) is 0 Å². The lowest BCUT2D eigenvalue weighted by atomic mass is 10.1. The Kier molecular flexibility index (Phi) is 7.12. The number of likely N-dealkylation sites (tertiary alicyclic amines) is 1. The number of aryl methyl sites for hydroxylation is 1. The van der Waals surface area contributed by atoms with E-state index in [0.717, 1.165) is 47.7 Å². The summed E-state index contributed by atoms with van der Waals surface area (Å²) in [5, 5.41) is 0.808. The van der Waals surface area contributed by atoms with Crippen molar-refractivity contribution in [3.05, 3.63) is 58.1 Å². The second-order valence-electron chi connectivity index (χ2n) is 7.96. The maximum Gasteiger partial charge on any atom is 0.271 e. The van der Waals surface area contributed by atoms with Gasteiger partial charge < -0.3 is 14.4 Å². The number of likely N-dealkylation sites (N-methyl/N-ethyl adjacent to an activating group) is 1. The molecule has 1 N–H and O–H groups in total. The van der Waals surface area contributed by atoms with Gasteiger partial charge in [0.05, 0.1) is 27.7 Å². The molecule has 2 aromatic carbocycles.